The Morgan fingerprint density at radius 1 is 1.16 bits per heavy atom. The van der Waals surface area contributed by atoms with Crippen molar-refractivity contribution in [3.8, 4) is 0 Å². The molecular formula is C14H15N5. The molecule has 1 aromatic carbocycles. The Morgan fingerprint density at radius 2 is 2.00 bits per heavy atom. The van der Waals surface area contributed by atoms with Gasteiger partial charge in [0.2, 0.25) is 0 Å². The van der Waals surface area contributed by atoms with Crippen LogP contribution in [0.15, 0.2) is 30.3 Å². The number of anilines is 1. The molecule has 0 aliphatic rings. The highest BCUT2D eigenvalue weighted by Crippen LogP contribution is 2.14. The van der Waals surface area contributed by atoms with Gasteiger partial charge in [0.25, 0.3) is 0 Å². The molecule has 0 saturated heterocycles. The second-order valence-corrected chi connectivity index (χ2v) is 4.68. The monoisotopic (exact) mass is 253 g/mol. The number of hydrogen-bond acceptors (Lipinski definition) is 4. The first-order chi connectivity index (χ1) is 9.13. The molecule has 2 heterocycles. The molecular weight excluding hydrogens is 238 g/mol. The van der Waals surface area contributed by atoms with Crippen molar-refractivity contribution >= 4 is 11.3 Å². The lowest BCUT2D eigenvalue weighted by Gasteiger charge is -2.05. The van der Waals surface area contributed by atoms with Crippen LogP contribution in [0.3, 0.4) is 0 Å². The van der Waals surface area contributed by atoms with Crippen molar-refractivity contribution in [1.29, 1.82) is 0 Å². The number of rotatable bonds is 2. The van der Waals surface area contributed by atoms with Crippen molar-refractivity contribution in [2.75, 3.05) is 5.73 Å². The fourth-order valence-electron chi connectivity index (χ4n) is 2.30. The van der Waals surface area contributed by atoms with Crippen LogP contribution in [0, 0.1) is 13.8 Å². The minimum atomic E-state index is 0.692. The van der Waals surface area contributed by atoms with Crippen molar-refractivity contribution in [2.45, 2.75) is 20.3 Å². The van der Waals surface area contributed by atoms with Crippen LogP contribution < -0.4 is 5.73 Å². The van der Waals surface area contributed by atoms with Crippen LogP contribution in [0.4, 0.5) is 5.69 Å². The van der Waals surface area contributed by atoms with Crippen LogP contribution in [0.5, 0.6) is 0 Å². The van der Waals surface area contributed by atoms with Gasteiger partial charge in [-0.1, -0.05) is 12.1 Å². The summed E-state index contributed by atoms with van der Waals surface area (Å²) >= 11 is 0. The van der Waals surface area contributed by atoms with Crippen LogP contribution in [-0.2, 0) is 6.42 Å². The van der Waals surface area contributed by atoms with E-state index in [1.807, 2.05) is 48.6 Å². The lowest BCUT2D eigenvalue weighted by Crippen LogP contribution is -2.03. The first-order valence-corrected chi connectivity index (χ1v) is 6.16. The van der Waals surface area contributed by atoms with Gasteiger partial charge in [0.15, 0.2) is 5.65 Å². The molecule has 19 heavy (non-hydrogen) atoms. The molecule has 5 heteroatoms. The van der Waals surface area contributed by atoms with E-state index in [1.165, 1.54) is 0 Å². The zero-order valence-electron chi connectivity index (χ0n) is 11.0. The molecule has 96 valence electrons. The van der Waals surface area contributed by atoms with Crippen LogP contribution in [0.1, 0.15) is 22.9 Å². The fraction of sp³-hybridized carbons (Fsp3) is 0.214. The topological polar surface area (TPSA) is 69.1 Å². The van der Waals surface area contributed by atoms with Gasteiger partial charge in [0.05, 0.1) is 0 Å². The van der Waals surface area contributed by atoms with Gasteiger partial charge >= 0.3 is 0 Å². The quantitative estimate of drug-likeness (QED) is 0.708. The normalized spacial score (nSPS) is 11.1. The molecule has 3 aromatic rings. The predicted molar refractivity (Wildman–Crippen MR) is 73.9 cm³/mol. The molecule has 0 unspecified atom stereocenters. The average Bonchev–Trinajstić information content (AvgIpc) is 2.72. The summed E-state index contributed by atoms with van der Waals surface area (Å²) in [5.74, 6) is 1.78. The Labute approximate surface area is 111 Å². The summed E-state index contributed by atoms with van der Waals surface area (Å²) < 4.78 is 1.98. The Kier molecular flexibility index (Phi) is 2.67. The zero-order valence-corrected chi connectivity index (χ0v) is 11.0. The highest BCUT2D eigenvalue weighted by atomic mass is 15.3. The maximum Gasteiger partial charge on any atom is 0.164 e. The SMILES string of the molecule is Cc1cc2nnc(Cc3cccc(N)c3)n2c(C)n1. The Bertz CT molecular complexity index is 745. The number of nitrogens with two attached hydrogens (primary N) is 1. The number of benzene rings is 1. The van der Waals surface area contributed by atoms with E-state index in [0.29, 0.717) is 6.42 Å². The summed E-state index contributed by atoms with van der Waals surface area (Å²) in [5, 5.41) is 8.45. The van der Waals surface area contributed by atoms with Gasteiger partial charge in [-0.25, -0.2) is 4.98 Å². The number of nitrogens with zero attached hydrogens (tertiary/aromatic N) is 4. The highest BCUT2D eigenvalue weighted by molar-refractivity contribution is 5.43. The van der Waals surface area contributed by atoms with Gasteiger partial charge in [-0.05, 0) is 31.5 Å². The molecule has 0 saturated carbocycles. The molecule has 0 aliphatic heterocycles. The van der Waals surface area contributed by atoms with E-state index < -0.39 is 0 Å². The molecule has 2 N–H and O–H groups in total. The van der Waals surface area contributed by atoms with E-state index in [9.17, 15) is 0 Å². The molecule has 0 bridgehead atoms. The van der Waals surface area contributed by atoms with Crippen molar-refractivity contribution in [3.05, 3.63) is 53.2 Å². The lowest BCUT2D eigenvalue weighted by atomic mass is 10.1. The van der Waals surface area contributed by atoms with E-state index >= 15 is 0 Å². The van der Waals surface area contributed by atoms with Gasteiger partial charge in [0, 0.05) is 23.9 Å². The van der Waals surface area contributed by atoms with E-state index in [0.717, 1.165) is 34.2 Å². The third-order valence-electron chi connectivity index (χ3n) is 3.07. The third kappa shape index (κ3) is 2.14. The lowest BCUT2D eigenvalue weighted by molar-refractivity contribution is 0.876. The zero-order chi connectivity index (χ0) is 13.4. The minimum absolute atomic E-state index is 0.692. The molecule has 5 nitrogen and oxygen atoms in total. The van der Waals surface area contributed by atoms with Crippen molar-refractivity contribution in [2.24, 2.45) is 0 Å². The summed E-state index contributed by atoms with van der Waals surface area (Å²) in [4.78, 5) is 4.45. The number of nitrogen functional groups attached to an aromatic ring is 1. The molecule has 0 amide bonds. The van der Waals surface area contributed by atoms with Crippen LogP contribution in [-0.4, -0.2) is 19.6 Å². The molecule has 0 radical (unpaired) electrons. The Hall–Kier alpha value is -2.43. The molecule has 0 aliphatic carbocycles. The highest BCUT2D eigenvalue weighted by Gasteiger charge is 2.10. The van der Waals surface area contributed by atoms with Crippen molar-refractivity contribution < 1.29 is 0 Å². The fourth-order valence-corrected chi connectivity index (χ4v) is 2.30. The van der Waals surface area contributed by atoms with Crippen molar-refractivity contribution in [1.82, 2.24) is 19.6 Å². The van der Waals surface area contributed by atoms with E-state index in [4.69, 9.17) is 5.73 Å². The van der Waals surface area contributed by atoms with Gasteiger partial charge < -0.3 is 5.73 Å². The van der Waals surface area contributed by atoms with Gasteiger partial charge in [0.1, 0.15) is 11.6 Å². The number of fused-ring (bicyclic) bond motifs is 1. The number of aromatic nitrogens is 4. The molecule has 0 spiro atoms. The largest absolute Gasteiger partial charge is 0.399 e. The van der Waals surface area contributed by atoms with Gasteiger partial charge in [-0.3, -0.25) is 4.40 Å². The first kappa shape index (κ1) is 11.6. The maximum atomic E-state index is 5.79. The van der Waals surface area contributed by atoms with Gasteiger partial charge in [-0.2, -0.15) is 0 Å². The Balaban J connectivity index is 2.06. The number of hydrogen-bond donors (Lipinski definition) is 1. The van der Waals surface area contributed by atoms with E-state index in [2.05, 4.69) is 15.2 Å². The number of aryl methyl sites for hydroxylation is 2. The summed E-state index contributed by atoms with van der Waals surface area (Å²) in [5.41, 5.74) is 9.46. The Morgan fingerprint density at radius 3 is 2.79 bits per heavy atom. The van der Waals surface area contributed by atoms with E-state index in [1.54, 1.807) is 0 Å². The minimum Gasteiger partial charge on any atom is -0.399 e. The predicted octanol–water partition coefficient (Wildman–Crippen LogP) is 1.91. The molecule has 3 rings (SSSR count). The first-order valence-electron chi connectivity index (χ1n) is 6.16. The molecule has 0 atom stereocenters. The van der Waals surface area contributed by atoms with Crippen LogP contribution >= 0.6 is 0 Å². The molecule has 0 fully saturated rings. The standard InChI is InChI=1S/C14H15N5/c1-9-6-13-17-18-14(19(13)10(2)16-9)8-11-4-3-5-12(15)7-11/h3-7H,8,15H2,1-2H3. The van der Waals surface area contributed by atoms with Gasteiger partial charge in [-0.15, -0.1) is 10.2 Å². The van der Waals surface area contributed by atoms with Crippen LogP contribution in [0.2, 0.25) is 0 Å². The average molecular weight is 253 g/mol. The summed E-state index contributed by atoms with van der Waals surface area (Å²) in [6, 6.07) is 9.75. The molecule has 2 aromatic heterocycles. The smallest absolute Gasteiger partial charge is 0.164 e. The second-order valence-electron chi connectivity index (χ2n) is 4.68. The maximum absolute atomic E-state index is 5.79. The summed E-state index contributed by atoms with van der Waals surface area (Å²) in [7, 11) is 0. The third-order valence-corrected chi connectivity index (χ3v) is 3.07. The summed E-state index contributed by atoms with van der Waals surface area (Å²) in [6.07, 6.45) is 0.692. The van der Waals surface area contributed by atoms with E-state index in [-0.39, 0.29) is 0 Å². The van der Waals surface area contributed by atoms with Crippen LogP contribution in [0.25, 0.3) is 5.65 Å². The van der Waals surface area contributed by atoms with Crippen molar-refractivity contribution in [3.63, 3.8) is 0 Å². The second kappa shape index (κ2) is 4.35. The summed E-state index contributed by atoms with van der Waals surface area (Å²) in [6.45, 7) is 3.92.